The van der Waals surface area contributed by atoms with E-state index in [0.29, 0.717) is 10.6 Å². The number of thiophene rings is 1. The van der Waals surface area contributed by atoms with E-state index in [9.17, 15) is 4.79 Å². The van der Waals surface area contributed by atoms with Crippen molar-refractivity contribution in [3.05, 3.63) is 57.7 Å². The lowest BCUT2D eigenvalue weighted by Crippen LogP contribution is -1.97. The van der Waals surface area contributed by atoms with Crippen molar-refractivity contribution in [2.75, 3.05) is 0 Å². The molecule has 22 heavy (non-hydrogen) atoms. The van der Waals surface area contributed by atoms with Gasteiger partial charge in [-0.2, -0.15) is 14.9 Å². The molecule has 3 rings (SSSR count). The highest BCUT2D eigenvalue weighted by atomic mass is 32.1. The molecule has 0 aliphatic heterocycles. The fraction of sp³-hybridized carbons (Fsp3) is 0. The Morgan fingerprint density at radius 2 is 2.14 bits per heavy atom. The van der Waals surface area contributed by atoms with Crippen molar-refractivity contribution in [1.82, 2.24) is 14.9 Å². The molecule has 0 bridgehead atoms. The van der Waals surface area contributed by atoms with Crippen LogP contribution in [0, 0.1) is 4.77 Å². The molecule has 0 spiro atoms. The molecule has 1 aromatic carbocycles. The summed E-state index contributed by atoms with van der Waals surface area (Å²) < 4.78 is 1.92. The van der Waals surface area contributed by atoms with Crippen molar-refractivity contribution in [1.29, 1.82) is 0 Å². The topological polar surface area (TPSA) is 83.3 Å². The normalized spacial score (nSPS) is 11.1. The maximum Gasteiger partial charge on any atom is 0.335 e. The van der Waals surface area contributed by atoms with E-state index in [2.05, 4.69) is 15.3 Å². The van der Waals surface area contributed by atoms with Gasteiger partial charge in [0.1, 0.15) is 0 Å². The summed E-state index contributed by atoms with van der Waals surface area (Å²) >= 11 is 6.72. The van der Waals surface area contributed by atoms with Gasteiger partial charge in [-0.3, -0.25) is 0 Å². The minimum atomic E-state index is -0.958. The number of carbonyl (C=O) groups is 1. The van der Waals surface area contributed by atoms with Crippen LogP contribution in [-0.4, -0.2) is 32.2 Å². The van der Waals surface area contributed by atoms with E-state index < -0.39 is 5.97 Å². The first-order chi connectivity index (χ1) is 10.6. The Balaban J connectivity index is 1.91. The van der Waals surface area contributed by atoms with Crippen LogP contribution in [0.1, 0.15) is 15.9 Å². The number of H-pyrrole nitrogens is 1. The average Bonchev–Trinajstić information content (AvgIpc) is 3.15. The summed E-state index contributed by atoms with van der Waals surface area (Å²) in [7, 11) is 0. The van der Waals surface area contributed by atoms with Gasteiger partial charge in [-0.1, -0.05) is 18.2 Å². The van der Waals surface area contributed by atoms with Crippen LogP contribution in [0.4, 0.5) is 0 Å². The summed E-state index contributed by atoms with van der Waals surface area (Å²) in [6.45, 7) is 0. The van der Waals surface area contributed by atoms with Gasteiger partial charge in [0, 0.05) is 0 Å². The highest BCUT2D eigenvalue weighted by molar-refractivity contribution is 7.71. The molecule has 0 radical (unpaired) electrons. The highest BCUT2D eigenvalue weighted by Gasteiger charge is 2.08. The van der Waals surface area contributed by atoms with E-state index in [1.165, 1.54) is 16.8 Å². The van der Waals surface area contributed by atoms with E-state index in [-0.39, 0.29) is 5.56 Å². The van der Waals surface area contributed by atoms with Crippen molar-refractivity contribution in [2.24, 2.45) is 5.10 Å². The summed E-state index contributed by atoms with van der Waals surface area (Å²) in [5.41, 5.74) is 1.00. The van der Waals surface area contributed by atoms with Crippen molar-refractivity contribution in [2.45, 2.75) is 0 Å². The summed E-state index contributed by atoms with van der Waals surface area (Å²) in [6, 6.07) is 10.3. The molecule has 0 saturated carbocycles. The van der Waals surface area contributed by atoms with Crippen molar-refractivity contribution in [3.63, 3.8) is 0 Å². The van der Waals surface area contributed by atoms with E-state index in [0.717, 1.165) is 10.4 Å². The third kappa shape index (κ3) is 2.87. The van der Waals surface area contributed by atoms with E-state index in [4.69, 9.17) is 17.3 Å². The van der Waals surface area contributed by atoms with Crippen molar-refractivity contribution in [3.8, 4) is 10.7 Å². The zero-order chi connectivity index (χ0) is 15.5. The molecule has 0 unspecified atom stereocenters. The molecule has 2 N–H and O–H groups in total. The first-order valence-corrected chi connectivity index (χ1v) is 7.53. The van der Waals surface area contributed by atoms with Gasteiger partial charge in [-0.05, 0) is 41.4 Å². The summed E-state index contributed by atoms with van der Waals surface area (Å²) in [5.74, 6) is -0.320. The molecule has 2 aromatic heterocycles. The van der Waals surface area contributed by atoms with Crippen LogP contribution < -0.4 is 0 Å². The summed E-state index contributed by atoms with van der Waals surface area (Å²) in [4.78, 5) is 11.8. The second-order valence-electron chi connectivity index (χ2n) is 4.31. The van der Waals surface area contributed by atoms with Crippen molar-refractivity contribution >= 4 is 35.7 Å². The Bertz CT molecular complexity index is 876. The molecule has 2 heterocycles. The predicted octanol–water partition coefficient (Wildman–Crippen LogP) is 3.25. The number of nitrogens with zero attached hydrogens (tertiary/aromatic N) is 3. The fourth-order valence-corrected chi connectivity index (χ4v) is 2.68. The Morgan fingerprint density at radius 1 is 1.36 bits per heavy atom. The Kier molecular flexibility index (Phi) is 3.94. The van der Waals surface area contributed by atoms with Gasteiger partial charge in [0.05, 0.1) is 16.7 Å². The molecule has 0 fully saturated rings. The number of hydrogen-bond donors (Lipinski definition) is 2. The molecular weight excluding hydrogens is 320 g/mol. The lowest BCUT2D eigenvalue weighted by molar-refractivity contribution is 0.0697. The maximum absolute atomic E-state index is 10.8. The first kappa shape index (κ1) is 14.4. The quantitative estimate of drug-likeness (QED) is 0.568. The van der Waals surface area contributed by atoms with Gasteiger partial charge in [0.25, 0.3) is 0 Å². The van der Waals surface area contributed by atoms with Gasteiger partial charge in [0.15, 0.2) is 5.82 Å². The highest BCUT2D eigenvalue weighted by Crippen LogP contribution is 2.22. The smallest absolute Gasteiger partial charge is 0.335 e. The minimum absolute atomic E-state index is 0.233. The molecule has 110 valence electrons. The van der Waals surface area contributed by atoms with Crippen LogP contribution >= 0.6 is 23.6 Å². The van der Waals surface area contributed by atoms with Crippen LogP contribution in [0.3, 0.4) is 0 Å². The lowest BCUT2D eigenvalue weighted by Gasteiger charge is -1.98. The number of rotatable bonds is 4. The number of hydrogen-bond acceptors (Lipinski definition) is 5. The van der Waals surface area contributed by atoms with Crippen LogP contribution in [-0.2, 0) is 0 Å². The third-order valence-electron chi connectivity index (χ3n) is 2.87. The number of carboxylic acids is 1. The lowest BCUT2D eigenvalue weighted by atomic mass is 10.1. The number of aromatic carboxylic acids is 1. The van der Waals surface area contributed by atoms with Crippen LogP contribution in [0.25, 0.3) is 10.7 Å². The molecular formula is C14H10N4O2S2. The largest absolute Gasteiger partial charge is 0.478 e. The molecule has 0 aliphatic carbocycles. The molecule has 3 aromatic rings. The van der Waals surface area contributed by atoms with E-state index in [1.54, 1.807) is 29.7 Å². The molecule has 0 aliphatic rings. The van der Waals surface area contributed by atoms with Crippen molar-refractivity contribution < 1.29 is 9.90 Å². The van der Waals surface area contributed by atoms with Crippen LogP contribution in [0.2, 0.25) is 0 Å². The van der Waals surface area contributed by atoms with Gasteiger partial charge < -0.3 is 5.11 Å². The number of aromatic nitrogens is 3. The summed E-state index contributed by atoms with van der Waals surface area (Å²) in [6.07, 6.45) is 1.61. The van der Waals surface area contributed by atoms with Gasteiger partial charge in [-0.25, -0.2) is 9.89 Å². The molecule has 0 amide bonds. The summed E-state index contributed by atoms with van der Waals surface area (Å²) in [5, 5.41) is 22.0. The Morgan fingerprint density at radius 3 is 2.77 bits per heavy atom. The van der Waals surface area contributed by atoms with Gasteiger partial charge in [-0.15, -0.1) is 11.3 Å². The van der Waals surface area contributed by atoms with E-state index >= 15 is 0 Å². The minimum Gasteiger partial charge on any atom is -0.478 e. The Labute approximate surface area is 134 Å². The van der Waals surface area contributed by atoms with Gasteiger partial charge >= 0.3 is 5.97 Å². The first-order valence-electron chi connectivity index (χ1n) is 6.24. The van der Waals surface area contributed by atoms with Crippen LogP contribution in [0.5, 0.6) is 0 Å². The SMILES string of the molecule is O=C(O)c1ccc(/C=N/n2c(-c3cccs3)n[nH]c2=S)cc1. The fourth-order valence-electron chi connectivity index (χ4n) is 1.80. The number of carboxylic acid groups (broad SMARTS) is 1. The van der Waals surface area contributed by atoms with E-state index in [1.807, 2.05) is 17.5 Å². The number of nitrogens with one attached hydrogen (secondary N) is 1. The monoisotopic (exact) mass is 330 g/mol. The molecule has 6 nitrogen and oxygen atoms in total. The number of aromatic amines is 1. The van der Waals surface area contributed by atoms with Crippen LogP contribution in [0.15, 0.2) is 46.9 Å². The predicted molar refractivity (Wildman–Crippen MR) is 87.1 cm³/mol. The zero-order valence-corrected chi connectivity index (χ0v) is 12.8. The molecule has 0 atom stereocenters. The third-order valence-corrected chi connectivity index (χ3v) is 4.00. The van der Waals surface area contributed by atoms with Gasteiger partial charge in [0.2, 0.25) is 4.77 Å². The molecule has 8 heteroatoms. The average molecular weight is 330 g/mol. The standard InChI is InChI=1S/C14H10N4O2S2/c19-13(20)10-5-3-9(4-6-10)8-15-18-12(16-17-14(18)21)11-2-1-7-22-11/h1-8H,(H,17,21)(H,19,20)/b15-8+. The second kappa shape index (κ2) is 6.04. The second-order valence-corrected chi connectivity index (χ2v) is 5.65. The number of benzene rings is 1. The Hall–Kier alpha value is -2.58. The maximum atomic E-state index is 10.8. The zero-order valence-electron chi connectivity index (χ0n) is 11.1. The molecule has 0 saturated heterocycles.